The number of ether oxygens (including phenoxy) is 1. The van der Waals surface area contributed by atoms with Crippen molar-refractivity contribution in [2.75, 3.05) is 68.7 Å². The number of likely N-dealkylation sites (tertiary alicyclic amines) is 1. The van der Waals surface area contributed by atoms with Gasteiger partial charge in [-0.05, 0) is 80.5 Å². The maximum Gasteiger partial charge on any atom is 0.278 e. The maximum absolute atomic E-state index is 14.3. The van der Waals surface area contributed by atoms with Crippen molar-refractivity contribution in [3.05, 3.63) is 81.2 Å². The fraction of sp³-hybridized carbons (Fsp3) is 0.542. The molecule has 342 valence electrons. The third-order valence-corrected chi connectivity index (χ3v) is 15.3. The van der Waals surface area contributed by atoms with Crippen LogP contribution in [0.1, 0.15) is 88.2 Å². The lowest BCUT2D eigenvalue weighted by Crippen LogP contribution is -2.77. The van der Waals surface area contributed by atoms with Gasteiger partial charge in [-0.1, -0.05) is 44.5 Å². The van der Waals surface area contributed by atoms with Gasteiger partial charge in [-0.25, -0.2) is 4.98 Å². The van der Waals surface area contributed by atoms with E-state index < -0.39 is 46.4 Å². The molecule has 6 heterocycles. The molecule has 1 aliphatic carbocycles. The van der Waals surface area contributed by atoms with Crippen LogP contribution in [0.25, 0.3) is 10.9 Å². The van der Waals surface area contributed by atoms with Crippen LogP contribution in [0.2, 0.25) is 5.02 Å². The predicted molar refractivity (Wildman–Crippen MR) is 247 cm³/mol. The summed E-state index contributed by atoms with van der Waals surface area (Å²) in [5.41, 5.74) is 5.92. The van der Waals surface area contributed by atoms with E-state index in [1.807, 2.05) is 45.9 Å². The van der Waals surface area contributed by atoms with Crippen LogP contribution >= 0.6 is 11.6 Å². The number of imide groups is 1. The number of piperidine rings is 3. The number of benzene rings is 2. The van der Waals surface area contributed by atoms with E-state index in [1.165, 1.54) is 4.90 Å². The van der Waals surface area contributed by atoms with E-state index >= 15 is 0 Å². The number of nitriles is 1. The molecule has 4 aromatic rings. The molecular weight excluding hydrogens is 846 g/mol. The standard InChI is InChI=1S/C48H58ClN11O5/c1-47(2)45(48(3,4)46(47)65-35-8-5-31(27-50)37(49)26-35)59-41(61)12-10-39(44(59)64)60-43(63)36-9-7-34(25-38(36)53-54-60)56-19-15-33(16-20-56)57-23-21-55(22-24-57)29-30-13-17-58(18-14-30)40-11-6-32(28-52-40)42(51)62/h5-9,11,25-26,28,30,33,39,45-46H,10,12-24,29H2,1-4H3,(H2,51,62). The number of halogens is 1. The van der Waals surface area contributed by atoms with Crippen molar-refractivity contribution >= 4 is 51.7 Å². The Morgan fingerprint density at radius 3 is 2.23 bits per heavy atom. The molecule has 17 heteroatoms. The molecule has 0 spiro atoms. The molecule has 5 aliphatic rings. The number of piperazine rings is 1. The number of rotatable bonds is 10. The van der Waals surface area contributed by atoms with Crippen LogP contribution in [-0.4, -0.2) is 129 Å². The Labute approximate surface area is 384 Å². The topological polar surface area (TPSA) is 187 Å². The minimum atomic E-state index is -0.973. The average molecular weight is 905 g/mol. The molecule has 65 heavy (non-hydrogen) atoms. The van der Waals surface area contributed by atoms with Gasteiger partial charge in [-0.3, -0.25) is 29.0 Å². The van der Waals surface area contributed by atoms with Crippen molar-refractivity contribution in [2.45, 2.75) is 90.4 Å². The lowest BCUT2D eigenvalue weighted by Gasteiger charge is -2.65. The molecule has 3 amide bonds. The molecule has 2 aromatic carbocycles. The summed E-state index contributed by atoms with van der Waals surface area (Å²) >= 11 is 6.29. The Balaban J connectivity index is 0.778. The molecule has 16 nitrogen and oxygen atoms in total. The summed E-state index contributed by atoms with van der Waals surface area (Å²) in [5, 5.41) is 18.8. The van der Waals surface area contributed by atoms with Gasteiger partial charge < -0.3 is 25.2 Å². The number of aromatic nitrogens is 4. The molecule has 0 bridgehead atoms. The Hall–Kier alpha value is -5.63. The van der Waals surface area contributed by atoms with Crippen LogP contribution in [0.4, 0.5) is 11.5 Å². The number of hydrogen-bond donors (Lipinski definition) is 1. The molecule has 9 rings (SSSR count). The number of amides is 3. The highest BCUT2D eigenvalue weighted by Crippen LogP contribution is 2.59. The van der Waals surface area contributed by atoms with Gasteiger partial charge in [0.1, 0.15) is 35.3 Å². The van der Waals surface area contributed by atoms with Crippen molar-refractivity contribution in [3.63, 3.8) is 0 Å². The summed E-state index contributed by atoms with van der Waals surface area (Å²) in [4.78, 5) is 69.2. The lowest BCUT2D eigenvalue weighted by molar-refractivity contribution is -0.216. The Kier molecular flexibility index (Phi) is 12.1. The molecule has 1 saturated carbocycles. The third kappa shape index (κ3) is 8.43. The molecule has 1 atom stereocenters. The number of anilines is 2. The summed E-state index contributed by atoms with van der Waals surface area (Å²) in [7, 11) is 0. The van der Waals surface area contributed by atoms with Crippen molar-refractivity contribution in [2.24, 2.45) is 22.5 Å². The summed E-state index contributed by atoms with van der Waals surface area (Å²) in [5.74, 6) is 0.861. The second-order valence-electron chi connectivity index (χ2n) is 19.7. The molecule has 4 aliphatic heterocycles. The summed E-state index contributed by atoms with van der Waals surface area (Å²) in [6.07, 6.45) is 5.80. The van der Waals surface area contributed by atoms with Gasteiger partial charge in [-0.15, -0.1) is 5.10 Å². The van der Waals surface area contributed by atoms with Gasteiger partial charge in [0.25, 0.3) is 11.5 Å². The minimum Gasteiger partial charge on any atom is -0.489 e. The van der Waals surface area contributed by atoms with E-state index in [0.29, 0.717) is 39.7 Å². The first-order valence-corrected chi connectivity index (χ1v) is 23.4. The summed E-state index contributed by atoms with van der Waals surface area (Å²) < 4.78 is 7.59. The van der Waals surface area contributed by atoms with E-state index in [2.05, 4.69) is 41.0 Å². The second-order valence-corrected chi connectivity index (χ2v) is 20.2. The number of carbonyl (C=O) groups excluding carboxylic acids is 3. The molecule has 0 radical (unpaired) electrons. The van der Waals surface area contributed by atoms with Crippen LogP contribution in [0.15, 0.2) is 59.5 Å². The molecule has 2 N–H and O–H groups in total. The number of pyridine rings is 1. The van der Waals surface area contributed by atoms with Gasteiger partial charge in [0, 0.05) is 100 Å². The summed E-state index contributed by atoms with van der Waals surface area (Å²) in [6, 6.07) is 15.3. The number of primary amides is 1. The molecular formula is C48H58ClN11O5. The molecule has 2 aromatic heterocycles. The highest BCUT2D eigenvalue weighted by Gasteiger charge is 2.68. The molecule has 4 saturated heterocycles. The van der Waals surface area contributed by atoms with Gasteiger partial charge in [0.05, 0.1) is 27.6 Å². The smallest absolute Gasteiger partial charge is 0.278 e. The SMILES string of the molecule is CC1(C)C(Oc2ccc(C#N)c(Cl)c2)C(C)(C)C1N1C(=O)CCC(n2nnc3cc(N4CCC(N5CCN(CC6CCN(c7ccc(C(N)=O)cn7)CC6)CC5)CC4)ccc3c2=O)C1=O. The number of carbonyl (C=O) groups is 3. The van der Waals surface area contributed by atoms with E-state index in [9.17, 15) is 24.4 Å². The highest BCUT2D eigenvalue weighted by atomic mass is 35.5. The van der Waals surface area contributed by atoms with E-state index in [0.717, 1.165) is 101 Å². The van der Waals surface area contributed by atoms with Crippen molar-refractivity contribution in [1.29, 1.82) is 5.26 Å². The maximum atomic E-state index is 14.3. The second kappa shape index (κ2) is 17.6. The number of nitrogens with two attached hydrogens (primary N) is 1. The summed E-state index contributed by atoms with van der Waals surface area (Å²) in [6.45, 7) is 17.1. The monoisotopic (exact) mass is 903 g/mol. The number of hydrogen-bond acceptors (Lipinski definition) is 13. The van der Waals surface area contributed by atoms with E-state index in [1.54, 1.807) is 36.5 Å². The van der Waals surface area contributed by atoms with Crippen LogP contribution in [-0.2, 0) is 9.59 Å². The van der Waals surface area contributed by atoms with E-state index in [-0.39, 0.29) is 23.8 Å². The molecule has 1 unspecified atom stereocenters. The van der Waals surface area contributed by atoms with E-state index in [4.69, 9.17) is 22.1 Å². The Morgan fingerprint density at radius 1 is 0.877 bits per heavy atom. The van der Waals surface area contributed by atoms with Crippen LogP contribution in [0, 0.1) is 28.1 Å². The minimum absolute atomic E-state index is 0.0871. The van der Waals surface area contributed by atoms with Gasteiger partial charge in [-0.2, -0.15) is 9.94 Å². The largest absolute Gasteiger partial charge is 0.489 e. The Morgan fingerprint density at radius 2 is 1.58 bits per heavy atom. The number of fused-ring (bicyclic) bond motifs is 1. The highest BCUT2D eigenvalue weighted by molar-refractivity contribution is 6.31. The fourth-order valence-electron chi connectivity index (χ4n) is 11.8. The third-order valence-electron chi connectivity index (χ3n) is 15.0. The number of nitrogens with zero attached hydrogens (tertiary/aromatic N) is 10. The van der Waals surface area contributed by atoms with Gasteiger partial charge in [0.15, 0.2) is 0 Å². The first-order chi connectivity index (χ1) is 31.1. The predicted octanol–water partition coefficient (Wildman–Crippen LogP) is 4.89. The first kappa shape index (κ1) is 44.6. The van der Waals surface area contributed by atoms with Crippen molar-refractivity contribution in [1.82, 2.24) is 34.7 Å². The quantitative estimate of drug-likeness (QED) is 0.212. The fourth-order valence-corrected chi connectivity index (χ4v) is 12.0. The van der Waals surface area contributed by atoms with Crippen LogP contribution < -0.4 is 25.8 Å². The zero-order valence-electron chi connectivity index (χ0n) is 37.7. The average Bonchev–Trinajstić information content (AvgIpc) is 3.30. The van der Waals surface area contributed by atoms with Gasteiger partial charge in [0.2, 0.25) is 11.8 Å². The van der Waals surface area contributed by atoms with Crippen LogP contribution in [0.5, 0.6) is 5.75 Å². The van der Waals surface area contributed by atoms with Crippen molar-refractivity contribution < 1.29 is 19.1 Å². The normalized spacial score (nSPS) is 24.5. The van der Waals surface area contributed by atoms with Gasteiger partial charge >= 0.3 is 0 Å². The van der Waals surface area contributed by atoms with Crippen molar-refractivity contribution in [3.8, 4) is 11.8 Å². The first-order valence-electron chi connectivity index (χ1n) is 23.0. The zero-order chi connectivity index (χ0) is 45.8. The van der Waals surface area contributed by atoms with Crippen LogP contribution in [0.3, 0.4) is 0 Å². The lowest BCUT2D eigenvalue weighted by atomic mass is 9.48. The zero-order valence-corrected chi connectivity index (χ0v) is 38.4. The Bertz CT molecular complexity index is 2550. The molecule has 5 fully saturated rings.